The maximum Gasteiger partial charge on any atom is 0.158 e. The summed E-state index contributed by atoms with van der Waals surface area (Å²) in [4.78, 5) is 0. The van der Waals surface area contributed by atoms with Crippen molar-refractivity contribution in [2.75, 3.05) is 0 Å². The van der Waals surface area contributed by atoms with Crippen molar-refractivity contribution in [3.8, 4) is 45.6 Å². The van der Waals surface area contributed by atoms with Crippen molar-refractivity contribution in [2.24, 2.45) is 0 Å². The molecule has 28 heavy (non-hydrogen) atoms. The number of benzene rings is 4. The van der Waals surface area contributed by atoms with E-state index in [-0.39, 0.29) is 34.5 Å². The Morgan fingerprint density at radius 3 is 1.14 bits per heavy atom. The van der Waals surface area contributed by atoms with Crippen LogP contribution in [0.2, 0.25) is 0 Å². The van der Waals surface area contributed by atoms with Gasteiger partial charge in [-0.3, -0.25) is 0 Å². The van der Waals surface area contributed by atoms with Gasteiger partial charge in [0.05, 0.1) is 0 Å². The number of aryl methyl sites for hydroxylation is 2. The summed E-state index contributed by atoms with van der Waals surface area (Å²) in [6.45, 7) is 3.52. The van der Waals surface area contributed by atoms with Crippen molar-refractivity contribution >= 4 is 21.5 Å². The molecule has 0 aliphatic heterocycles. The van der Waals surface area contributed by atoms with Gasteiger partial charge in [0, 0.05) is 21.9 Å². The van der Waals surface area contributed by atoms with Gasteiger partial charge in [-0.2, -0.15) is 0 Å². The number of fused-ring (bicyclic) bond motifs is 2. The predicted molar refractivity (Wildman–Crippen MR) is 106 cm³/mol. The zero-order valence-corrected chi connectivity index (χ0v) is 15.1. The number of phenolic OH excluding ortho intramolecular Hbond substituents is 6. The third-order valence-electron chi connectivity index (χ3n) is 5.06. The number of hydrogen-bond acceptors (Lipinski definition) is 6. The van der Waals surface area contributed by atoms with E-state index in [2.05, 4.69) is 0 Å². The molecule has 0 aliphatic carbocycles. The Morgan fingerprint density at radius 1 is 0.464 bits per heavy atom. The average Bonchev–Trinajstić information content (AvgIpc) is 2.62. The number of rotatable bonds is 1. The normalized spacial score (nSPS) is 11.4. The molecule has 4 aromatic carbocycles. The van der Waals surface area contributed by atoms with Gasteiger partial charge >= 0.3 is 0 Å². The molecule has 0 radical (unpaired) electrons. The molecule has 0 heterocycles. The highest BCUT2D eigenvalue weighted by Gasteiger charge is 2.21. The Morgan fingerprint density at radius 2 is 0.786 bits per heavy atom. The highest BCUT2D eigenvalue weighted by molar-refractivity contribution is 6.04. The van der Waals surface area contributed by atoms with Crippen LogP contribution < -0.4 is 0 Å². The Balaban J connectivity index is 2.12. The molecule has 0 saturated heterocycles. The Bertz CT molecular complexity index is 1190. The van der Waals surface area contributed by atoms with Gasteiger partial charge in [0.15, 0.2) is 23.0 Å². The van der Waals surface area contributed by atoms with E-state index in [1.165, 1.54) is 24.3 Å². The van der Waals surface area contributed by atoms with Crippen LogP contribution in [0.25, 0.3) is 32.7 Å². The van der Waals surface area contributed by atoms with Crippen LogP contribution in [0.5, 0.6) is 34.5 Å². The Hall–Kier alpha value is -3.80. The van der Waals surface area contributed by atoms with E-state index < -0.39 is 0 Å². The molecule has 0 aromatic heterocycles. The molecule has 0 unspecified atom stereocenters. The first-order valence-electron chi connectivity index (χ1n) is 8.56. The summed E-state index contributed by atoms with van der Waals surface area (Å²) in [6, 6.07) is 8.71. The predicted octanol–water partition coefficient (Wildman–Crippen LogP) is 4.51. The van der Waals surface area contributed by atoms with Gasteiger partial charge in [-0.15, -0.1) is 0 Å². The molecule has 0 spiro atoms. The van der Waals surface area contributed by atoms with Crippen LogP contribution in [0.3, 0.4) is 0 Å². The lowest BCUT2D eigenvalue weighted by molar-refractivity contribution is 0.404. The first-order chi connectivity index (χ1) is 13.2. The van der Waals surface area contributed by atoms with Crippen LogP contribution >= 0.6 is 0 Å². The van der Waals surface area contributed by atoms with Crippen molar-refractivity contribution in [3.05, 3.63) is 47.5 Å². The van der Waals surface area contributed by atoms with Crippen molar-refractivity contribution < 1.29 is 30.6 Å². The third-order valence-corrected chi connectivity index (χ3v) is 5.06. The van der Waals surface area contributed by atoms with Crippen LogP contribution in [-0.2, 0) is 0 Å². The summed E-state index contributed by atoms with van der Waals surface area (Å²) in [5, 5.41) is 62.7. The van der Waals surface area contributed by atoms with Gasteiger partial charge in [0.1, 0.15) is 11.5 Å². The number of phenols is 6. The zero-order chi connectivity index (χ0) is 20.3. The molecule has 0 atom stereocenters. The molecule has 0 amide bonds. The fraction of sp³-hybridized carbons (Fsp3) is 0.0909. The van der Waals surface area contributed by atoms with E-state index in [9.17, 15) is 30.6 Å². The SMILES string of the molecule is Cc1cc2cc(O)c(O)cc2c(O)c1-c1c(C)cc2cc(O)c(O)cc2c1O. The van der Waals surface area contributed by atoms with Gasteiger partial charge < -0.3 is 30.6 Å². The molecule has 0 saturated carbocycles. The fourth-order valence-corrected chi connectivity index (χ4v) is 3.72. The van der Waals surface area contributed by atoms with Crippen LogP contribution in [0.15, 0.2) is 36.4 Å². The minimum atomic E-state index is -0.363. The third kappa shape index (κ3) is 2.42. The Kier molecular flexibility index (Phi) is 3.68. The molecule has 0 bridgehead atoms. The summed E-state index contributed by atoms with van der Waals surface area (Å²) in [6.07, 6.45) is 0. The van der Waals surface area contributed by atoms with Gasteiger partial charge in [-0.1, -0.05) is 12.1 Å². The summed E-state index contributed by atoms with van der Waals surface area (Å²) >= 11 is 0. The molecule has 142 valence electrons. The number of hydrogen-bond donors (Lipinski definition) is 6. The smallest absolute Gasteiger partial charge is 0.158 e. The van der Waals surface area contributed by atoms with E-state index in [1.807, 2.05) is 0 Å². The summed E-state index contributed by atoms with van der Waals surface area (Å²) in [5.74, 6) is -1.61. The maximum absolute atomic E-state index is 10.9. The topological polar surface area (TPSA) is 121 Å². The first-order valence-corrected chi connectivity index (χ1v) is 8.56. The summed E-state index contributed by atoms with van der Waals surface area (Å²) < 4.78 is 0. The Labute approximate surface area is 159 Å². The van der Waals surface area contributed by atoms with Crippen LogP contribution in [-0.4, -0.2) is 30.6 Å². The highest BCUT2D eigenvalue weighted by Crippen LogP contribution is 2.48. The molecule has 4 aromatic rings. The van der Waals surface area contributed by atoms with E-state index in [0.29, 0.717) is 43.8 Å². The standard InChI is InChI=1S/C22H18O6/c1-9-3-11-5-15(23)17(25)7-13(11)21(27)19(9)20-10(2)4-12-6-16(24)18(26)8-14(12)22(20)28/h3-8,23-28H,1-2H3. The molecule has 4 rings (SSSR count). The van der Waals surface area contributed by atoms with E-state index in [0.717, 1.165) is 0 Å². The molecular formula is C22H18O6. The molecule has 6 nitrogen and oxygen atoms in total. The molecule has 6 N–H and O–H groups in total. The quantitative estimate of drug-likeness (QED) is 0.271. The second-order valence-corrected chi connectivity index (χ2v) is 6.96. The molecular weight excluding hydrogens is 360 g/mol. The minimum Gasteiger partial charge on any atom is -0.507 e. The molecule has 0 fully saturated rings. The van der Waals surface area contributed by atoms with Crippen LogP contribution in [0.4, 0.5) is 0 Å². The lowest BCUT2D eigenvalue weighted by atomic mass is 9.89. The van der Waals surface area contributed by atoms with Crippen molar-refractivity contribution in [2.45, 2.75) is 13.8 Å². The molecule has 6 heteroatoms. The first kappa shape index (κ1) is 17.6. The van der Waals surface area contributed by atoms with E-state index in [1.54, 1.807) is 26.0 Å². The largest absolute Gasteiger partial charge is 0.507 e. The van der Waals surface area contributed by atoms with Crippen molar-refractivity contribution in [1.29, 1.82) is 0 Å². The van der Waals surface area contributed by atoms with Crippen LogP contribution in [0.1, 0.15) is 11.1 Å². The van der Waals surface area contributed by atoms with Gasteiger partial charge in [0.2, 0.25) is 0 Å². The lowest BCUT2D eigenvalue weighted by Gasteiger charge is -2.18. The average molecular weight is 378 g/mol. The fourth-order valence-electron chi connectivity index (χ4n) is 3.72. The lowest BCUT2D eigenvalue weighted by Crippen LogP contribution is -1.92. The zero-order valence-electron chi connectivity index (χ0n) is 15.1. The second kappa shape index (κ2) is 5.85. The minimum absolute atomic E-state index is 0.147. The van der Waals surface area contributed by atoms with Gasteiger partial charge in [-0.05, 0) is 60.0 Å². The van der Waals surface area contributed by atoms with Gasteiger partial charge in [0.25, 0.3) is 0 Å². The number of aromatic hydroxyl groups is 6. The molecule has 0 aliphatic rings. The van der Waals surface area contributed by atoms with Crippen LogP contribution in [0, 0.1) is 13.8 Å². The summed E-state index contributed by atoms with van der Waals surface area (Å²) in [5.41, 5.74) is 2.05. The highest BCUT2D eigenvalue weighted by atomic mass is 16.3. The second-order valence-electron chi connectivity index (χ2n) is 6.96. The van der Waals surface area contributed by atoms with E-state index >= 15 is 0 Å². The van der Waals surface area contributed by atoms with Crippen molar-refractivity contribution in [3.63, 3.8) is 0 Å². The van der Waals surface area contributed by atoms with Crippen molar-refractivity contribution in [1.82, 2.24) is 0 Å². The monoisotopic (exact) mass is 378 g/mol. The van der Waals surface area contributed by atoms with Gasteiger partial charge in [-0.25, -0.2) is 0 Å². The van der Waals surface area contributed by atoms with E-state index in [4.69, 9.17) is 0 Å². The maximum atomic E-state index is 10.9. The summed E-state index contributed by atoms with van der Waals surface area (Å²) in [7, 11) is 0.